The highest BCUT2D eigenvalue weighted by molar-refractivity contribution is 5.92. The summed E-state index contributed by atoms with van der Waals surface area (Å²) >= 11 is 0. The van der Waals surface area contributed by atoms with Crippen LogP contribution in [0.2, 0.25) is 0 Å². The molecule has 2 heterocycles. The molecule has 0 aliphatic heterocycles. The van der Waals surface area contributed by atoms with Crippen LogP contribution in [0.4, 0.5) is 17.3 Å². The summed E-state index contributed by atoms with van der Waals surface area (Å²) in [6, 6.07) is 11.4. The highest BCUT2D eigenvalue weighted by Crippen LogP contribution is 2.24. The molecule has 0 spiro atoms. The lowest BCUT2D eigenvalue weighted by atomic mass is 10.1. The lowest BCUT2D eigenvalue weighted by molar-refractivity contribution is -0.118. The normalized spacial score (nSPS) is 10.6. The van der Waals surface area contributed by atoms with E-state index >= 15 is 0 Å². The number of carbonyl (C=O) groups excluding carboxylic acids is 1. The molecule has 26 heavy (non-hydrogen) atoms. The fraction of sp³-hybridized carbons (Fsp3) is 0.200. The van der Waals surface area contributed by atoms with E-state index in [-0.39, 0.29) is 11.8 Å². The second-order valence-corrected chi connectivity index (χ2v) is 6.31. The van der Waals surface area contributed by atoms with E-state index in [9.17, 15) is 4.79 Å². The van der Waals surface area contributed by atoms with Crippen molar-refractivity contribution in [3.8, 4) is 11.3 Å². The van der Waals surface area contributed by atoms with E-state index in [4.69, 9.17) is 0 Å². The second-order valence-electron chi connectivity index (χ2n) is 6.31. The zero-order chi connectivity index (χ0) is 18.5. The smallest absolute Gasteiger partial charge is 0.227 e. The Hall–Kier alpha value is -3.28. The summed E-state index contributed by atoms with van der Waals surface area (Å²) in [7, 11) is 0. The quantitative estimate of drug-likeness (QED) is 0.723. The number of aryl methyl sites for hydroxylation is 1. The van der Waals surface area contributed by atoms with Crippen LogP contribution in [-0.2, 0) is 4.79 Å². The summed E-state index contributed by atoms with van der Waals surface area (Å²) in [6.45, 7) is 5.71. The summed E-state index contributed by atoms with van der Waals surface area (Å²) in [5.74, 6) is 0.392. The molecule has 1 aromatic carbocycles. The first-order valence-corrected chi connectivity index (χ1v) is 8.45. The van der Waals surface area contributed by atoms with Crippen LogP contribution in [0.15, 0.2) is 55.0 Å². The minimum atomic E-state index is -0.0767. The van der Waals surface area contributed by atoms with E-state index in [1.165, 1.54) is 0 Å². The Kier molecular flexibility index (Phi) is 5.22. The van der Waals surface area contributed by atoms with E-state index in [1.54, 1.807) is 18.6 Å². The number of benzene rings is 1. The van der Waals surface area contributed by atoms with Crippen molar-refractivity contribution in [3.05, 3.63) is 60.6 Å². The monoisotopic (exact) mass is 347 g/mol. The summed E-state index contributed by atoms with van der Waals surface area (Å²) < 4.78 is 0. The van der Waals surface area contributed by atoms with Crippen molar-refractivity contribution in [2.75, 3.05) is 10.6 Å². The summed E-state index contributed by atoms with van der Waals surface area (Å²) in [6.07, 6.45) is 5.20. The maximum atomic E-state index is 11.9. The highest BCUT2D eigenvalue weighted by atomic mass is 16.1. The number of amides is 1. The molecule has 0 fully saturated rings. The minimum absolute atomic E-state index is 0.0189. The first-order chi connectivity index (χ1) is 12.5. The maximum absolute atomic E-state index is 11.9. The zero-order valence-electron chi connectivity index (χ0n) is 15.0. The van der Waals surface area contributed by atoms with Crippen molar-refractivity contribution in [2.45, 2.75) is 20.8 Å². The van der Waals surface area contributed by atoms with E-state index in [2.05, 4.69) is 25.6 Å². The van der Waals surface area contributed by atoms with Crippen LogP contribution in [-0.4, -0.2) is 20.9 Å². The number of hydrogen-bond acceptors (Lipinski definition) is 5. The van der Waals surface area contributed by atoms with Gasteiger partial charge in [-0.3, -0.25) is 9.78 Å². The molecule has 0 saturated carbocycles. The van der Waals surface area contributed by atoms with Gasteiger partial charge in [0, 0.05) is 41.4 Å². The van der Waals surface area contributed by atoms with Crippen LogP contribution >= 0.6 is 0 Å². The molecule has 0 unspecified atom stereocenters. The summed E-state index contributed by atoms with van der Waals surface area (Å²) in [5, 5.41) is 6.14. The molecule has 0 atom stereocenters. The molecule has 0 saturated heterocycles. The van der Waals surface area contributed by atoms with Crippen LogP contribution in [0.5, 0.6) is 0 Å². The number of hydrogen-bond donors (Lipinski definition) is 2. The Balaban J connectivity index is 1.84. The molecule has 3 rings (SSSR count). The molecular weight excluding hydrogens is 326 g/mol. The van der Waals surface area contributed by atoms with Gasteiger partial charge in [-0.2, -0.15) is 0 Å². The standard InChI is InChI=1S/C20H21N5O/c1-13(2)19(26)23-16-7-6-14(3)18(11-16)25-20-22-10-8-17(24-20)15-5-4-9-21-12-15/h4-13H,1-3H3,(H,23,26)(H,22,24,25). The molecular formula is C20H21N5O. The number of carbonyl (C=O) groups is 1. The van der Waals surface area contributed by atoms with Crippen molar-refractivity contribution in [2.24, 2.45) is 5.92 Å². The number of nitrogens with zero attached hydrogens (tertiary/aromatic N) is 3. The van der Waals surface area contributed by atoms with Gasteiger partial charge >= 0.3 is 0 Å². The van der Waals surface area contributed by atoms with Gasteiger partial charge in [-0.05, 0) is 42.8 Å². The van der Waals surface area contributed by atoms with Gasteiger partial charge in [0.2, 0.25) is 11.9 Å². The van der Waals surface area contributed by atoms with Crippen LogP contribution in [0, 0.1) is 12.8 Å². The third kappa shape index (κ3) is 4.22. The van der Waals surface area contributed by atoms with Crippen LogP contribution in [0.1, 0.15) is 19.4 Å². The molecule has 0 bridgehead atoms. The molecule has 0 aliphatic carbocycles. The SMILES string of the molecule is Cc1ccc(NC(=O)C(C)C)cc1Nc1nccc(-c2cccnc2)n1. The molecule has 1 amide bonds. The predicted molar refractivity (Wildman–Crippen MR) is 103 cm³/mol. The fourth-order valence-corrected chi connectivity index (χ4v) is 2.34. The largest absolute Gasteiger partial charge is 0.326 e. The third-order valence-corrected chi connectivity index (χ3v) is 3.89. The van der Waals surface area contributed by atoms with Gasteiger partial charge in [0.25, 0.3) is 0 Å². The van der Waals surface area contributed by atoms with Gasteiger partial charge in [0.05, 0.1) is 5.69 Å². The van der Waals surface area contributed by atoms with E-state index < -0.39 is 0 Å². The van der Waals surface area contributed by atoms with Crippen molar-refractivity contribution in [3.63, 3.8) is 0 Å². The Bertz CT molecular complexity index is 909. The van der Waals surface area contributed by atoms with Gasteiger partial charge in [-0.1, -0.05) is 19.9 Å². The molecule has 0 radical (unpaired) electrons. The molecule has 2 aromatic heterocycles. The molecule has 6 heteroatoms. The predicted octanol–water partition coefficient (Wildman–Crippen LogP) is 4.19. The lowest BCUT2D eigenvalue weighted by Gasteiger charge is -2.13. The van der Waals surface area contributed by atoms with Crippen LogP contribution in [0.3, 0.4) is 0 Å². The lowest BCUT2D eigenvalue weighted by Crippen LogP contribution is -2.17. The fourth-order valence-electron chi connectivity index (χ4n) is 2.34. The minimum Gasteiger partial charge on any atom is -0.326 e. The Labute approximate surface area is 152 Å². The Morgan fingerprint density at radius 1 is 1.12 bits per heavy atom. The van der Waals surface area contributed by atoms with E-state index in [1.807, 2.05) is 57.2 Å². The molecule has 132 valence electrons. The number of anilines is 3. The second kappa shape index (κ2) is 7.74. The molecule has 0 aliphatic rings. The van der Waals surface area contributed by atoms with Crippen molar-refractivity contribution in [1.29, 1.82) is 0 Å². The average molecular weight is 347 g/mol. The van der Waals surface area contributed by atoms with Gasteiger partial charge in [-0.15, -0.1) is 0 Å². The molecule has 2 N–H and O–H groups in total. The van der Waals surface area contributed by atoms with Gasteiger partial charge < -0.3 is 10.6 Å². The molecule has 3 aromatic rings. The number of aromatic nitrogens is 3. The summed E-state index contributed by atoms with van der Waals surface area (Å²) in [4.78, 5) is 24.9. The van der Waals surface area contributed by atoms with Gasteiger partial charge in [0.15, 0.2) is 0 Å². The summed E-state index contributed by atoms with van der Waals surface area (Å²) in [5.41, 5.74) is 4.32. The van der Waals surface area contributed by atoms with Crippen molar-refractivity contribution >= 4 is 23.2 Å². The van der Waals surface area contributed by atoms with Gasteiger partial charge in [0.1, 0.15) is 0 Å². The van der Waals surface area contributed by atoms with Crippen LogP contribution in [0.25, 0.3) is 11.3 Å². The van der Waals surface area contributed by atoms with E-state index in [0.717, 1.165) is 28.2 Å². The van der Waals surface area contributed by atoms with Gasteiger partial charge in [-0.25, -0.2) is 9.97 Å². The highest BCUT2D eigenvalue weighted by Gasteiger charge is 2.09. The van der Waals surface area contributed by atoms with Crippen molar-refractivity contribution < 1.29 is 4.79 Å². The van der Waals surface area contributed by atoms with Crippen LogP contribution < -0.4 is 10.6 Å². The number of rotatable bonds is 5. The maximum Gasteiger partial charge on any atom is 0.227 e. The van der Waals surface area contributed by atoms with Crippen molar-refractivity contribution in [1.82, 2.24) is 15.0 Å². The molecule has 6 nitrogen and oxygen atoms in total. The number of pyridine rings is 1. The first kappa shape index (κ1) is 17.5. The third-order valence-electron chi connectivity index (χ3n) is 3.89. The topological polar surface area (TPSA) is 79.8 Å². The van der Waals surface area contributed by atoms with E-state index in [0.29, 0.717) is 5.95 Å². The first-order valence-electron chi connectivity index (χ1n) is 8.45. The Morgan fingerprint density at radius 3 is 2.69 bits per heavy atom. The average Bonchev–Trinajstić information content (AvgIpc) is 2.65. The Morgan fingerprint density at radius 2 is 1.96 bits per heavy atom. The number of nitrogens with one attached hydrogen (secondary N) is 2. The zero-order valence-corrected chi connectivity index (χ0v) is 15.0.